The summed E-state index contributed by atoms with van der Waals surface area (Å²) in [5.41, 5.74) is 0.199. The largest absolute Gasteiger partial charge is 0.363 e. The van der Waals surface area contributed by atoms with Gasteiger partial charge in [-0.15, -0.1) is 0 Å². The Morgan fingerprint density at radius 3 is 2.57 bits per heavy atom. The first-order chi connectivity index (χ1) is 13.3. The Morgan fingerprint density at radius 1 is 1.18 bits per heavy atom. The summed E-state index contributed by atoms with van der Waals surface area (Å²) in [6.07, 6.45) is -1.20. The maximum Gasteiger partial charge on any atom is 0.266 e. The Hall–Kier alpha value is -2.90. The van der Waals surface area contributed by atoms with Crippen LogP contribution < -0.4 is 10.2 Å². The minimum atomic E-state index is -2.87. The molecule has 0 aliphatic heterocycles. The number of fused-ring (bicyclic) bond motifs is 1. The minimum Gasteiger partial charge on any atom is -0.363 e. The standard InChI is InChI=1S/C20H22F3N5/c1-5-28(4)17-9-15-16(10-24-17)26-12(3)27-20(15)25-11(2)13-7-6-8-14(18(13)21)19(22)23/h6-11,19H,5H2,1-4H3,(H,25,26,27)/t11-/m1/s1. The van der Waals surface area contributed by atoms with Crippen LogP contribution in [0, 0.1) is 12.7 Å². The normalized spacial score (nSPS) is 12.4. The summed E-state index contributed by atoms with van der Waals surface area (Å²) < 4.78 is 40.6. The van der Waals surface area contributed by atoms with Crippen LogP contribution in [0.4, 0.5) is 24.8 Å². The van der Waals surface area contributed by atoms with Gasteiger partial charge < -0.3 is 10.2 Å². The molecule has 28 heavy (non-hydrogen) atoms. The molecule has 0 spiro atoms. The number of alkyl halides is 2. The zero-order chi connectivity index (χ0) is 20.4. The molecule has 5 nitrogen and oxygen atoms in total. The van der Waals surface area contributed by atoms with E-state index in [9.17, 15) is 13.2 Å². The second kappa shape index (κ2) is 8.00. The molecular formula is C20H22F3N5. The van der Waals surface area contributed by atoms with Crippen LogP contribution in [0.15, 0.2) is 30.5 Å². The number of rotatable bonds is 6. The lowest BCUT2D eigenvalue weighted by atomic mass is 10.0. The van der Waals surface area contributed by atoms with Crippen molar-refractivity contribution in [3.05, 3.63) is 53.2 Å². The molecule has 1 N–H and O–H groups in total. The van der Waals surface area contributed by atoms with Gasteiger partial charge in [0.25, 0.3) is 6.43 Å². The smallest absolute Gasteiger partial charge is 0.266 e. The zero-order valence-electron chi connectivity index (χ0n) is 16.2. The van der Waals surface area contributed by atoms with Crippen LogP contribution in [-0.4, -0.2) is 28.5 Å². The Balaban J connectivity index is 2.03. The SMILES string of the molecule is CCN(C)c1cc2c(N[C@H](C)c3cccc(C(F)F)c3F)nc(C)nc2cn1. The van der Waals surface area contributed by atoms with Gasteiger partial charge in [0.1, 0.15) is 23.3 Å². The van der Waals surface area contributed by atoms with Gasteiger partial charge in [0.15, 0.2) is 0 Å². The molecule has 8 heteroatoms. The molecule has 3 rings (SSSR count). The molecule has 0 bridgehead atoms. The van der Waals surface area contributed by atoms with E-state index in [1.807, 2.05) is 24.9 Å². The number of hydrogen-bond donors (Lipinski definition) is 1. The van der Waals surface area contributed by atoms with Gasteiger partial charge in [-0.05, 0) is 26.8 Å². The van der Waals surface area contributed by atoms with Crippen molar-refractivity contribution >= 4 is 22.5 Å². The van der Waals surface area contributed by atoms with E-state index in [1.165, 1.54) is 12.1 Å². The summed E-state index contributed by atoms with van der Waals surface area (Å²) in [4.78, 5) is 15.2. The van der Waals surface area contributed by atoms with Crippen LogP contribution in [0.3, 0.4) is 0 Å². The number of halogens is 3. The van der Waals surface area contributed by atoms with E-state index in [2.05, 4.69) is 20.3 Å². The quantitative estimate of drug-likeness (QED) is 0.640. The molecule has 2 aromatic heterocycles. The number of hydrogen-bond acceptors (Lipinski definition) is 5. The van der Waals surface area contributed by atoms with Crippen molar-refractivity contribution in [3.63, 3.8) is 0 Å². The van der Waals surface area contributed by atoms with Crippen molar-refractivity contribution in [2.75, 3.05) is 23.8 Å². The molecule has 148 valence electrons. The van der Waals surface area contributed by atoms with E-state index < -0.39 is 23.8 Å². The number of anilines is 2. The maximum absolute atomic E-state index is 14.5. The van der Waals surface area contributed by atoms with Crippen LogP contribution in [-0.2, 0) is 0 Å². The van der Waals surface area contributed by atoms with Crippen molar-refractivity contribution in [1.82, 2.24) is 15.0 Å². The van der Waals surface area contributed by atoms with Gasteiger partial charge in [-0.1, -0.05) is 18.2 Å². The fourth-order valence-electron chi connectivity index (χ4n) is 2.97. The second-order valence-electron chi connectivity index (χ2n) is 6.61. The first-order valence-corrected chi connectivity index (χ1v) is 9.00. The number of nitrogens with zero attached hydrogens (tertiary/aromatic N) is 4. The van der Waals surface area contributed by atoms with Crippen LogP contribution in [0.25, 0.3) is 10.9 Å². The molecule has 0 aliphatic carbocycles. The third-order valence-corrected chi connectivity index (χ3v) is 4.66. The summed E-state index contributed by atoms with van der Waals surface area (Å²) in [5.74, 6) is 0.886. The molecule has 0 unspecified atom stereocenters. The molecule has 0 radical (unpaired) electrons. The number of aryl methyl sites for hydroxylation is 1. The lowest BCUT2D eigenvalue weighted by molar-refractivity contribution is 0.146. The van der Waals surface area contributed by atoms with E-state index in [1.54, 1.807) is 20.0 Å². The van der Waals surface area contributed by atoms with Crippen molar-refractivity contribution in [2.24, 2.45) is 0 Å². The Labute approximate surface area is 161 Å². The van der Waals surface area contributed by atoms with E-state index in [0.717, 1.165) is 23.8 Å². The highest BCUT2D eigenvalue weighted by molar-refractivity contribution is 5.90. The average molecular weight is 389 g/mol. The molecular weight excluding hydrogens is 367 g/mol. The van der Waals surface area contributed by atoms with Gasteiger partial charge in [0, 0.05) is 24.5 Å². The van der Waals surface area contributed by atoms with E-state index in [0.29, 0.717) is 17.2 Å². The first-order valence-electron chi connectivity index (χ1n) is 9.00. The lowest BCUT2D eigenvalue weighted by Gasteiger charge is -2.20. The van der Waals surface area contributed by atoms with Crippen LogP contribution >= 0.6 is 0 Å². The summed E-state index contributed by atoms with van der Waals surface area (Å²) in [6.45, 7) is 6.24. The molecule has 0 aliphatic rings. The maximum atomic E-state index is 14.5. The molecule has 1 atom stereocenters. The van der Waals surface area contributed by atoms with Crippen molar-refractivity contribution in [1.29, 1.82) is 0 Å². The fraction of sp³-hybridized carbons (Fsp3) is 0.350. The van der Waals surface area contributed by atoms with Crippen LogP contribution in [0.5, 0.6) is 0 Å². The monoisotopic (exact) mass is 389 g/mol. The van der Waals surface area contributed by atoms with Crippen LogP contribution in [0.2, 0.25) is 0 Å². The zero-order valence-corrected chi connectivity index (χ0v) is 16.2. The van der Waals surface area contributed by atoms with Gasteiger partial charge in [0.2, 0.25) is 0 Å². The molecule has 2 heterocycles. The highest BCUT2D eigenvalue weighted by Crippen LogP contribution is 2.31. The topological polar surface area (TPSA) is 53.9 Å². The first kappa shape index (κ1) is 19.9. The molecule has 3 aromatic rings. The molecule has 0 saturated carbocycles. The summed E-state index contributed by atoms with van der Waals surface area (Å²) in [5, 5.41) is 3.88. The Bertz CT molecular complexity index is 993. The van der Waals surface area contributed by atoms with Gasteiger partial charge in [0.05, 0.1) is 23.3 Å². The molecule has 0 fully saturated rings. The number of pyridine rings is 1. The second-order valence-corrected chi connectivity index (χ2v) is 6.61. The van der Waals surface area contributed by atoms with E-state index >= 15 is 0 Å². The predicted octanol–water partition coefficient (Wildman–Crippen LogP) is 5.04. The van der Waals surface area contributed by atoms with Gasteiger partial charge in [-0.2, -0.15) is 0 Å². The number of benzene rings is 1. The highest BCUT2D eigenvalue weighted by atomic mass is 19.3. The summed E-state index contributed by atoms with van der Waals surface area (Å²) in [7, 11) is 1.92. The highest BCUT2D eigenvalue weighted by Gasteiger charge is 2.20. The number of aromatic nitrogens is 3. The van der Waals surface area contributed by atoms with Crippen molar-refractivity contribution in [2.45, 2.75) is 33.2 Å². The van der Waals surface area contributed by atoms with Crippen molar-refractivity contribution < 1.29 is 13.2 Å². The fourth-order valence-corrected chi connectivity index (χ4v) is 2.97. The third-order valence-electron chi connectivity index (χ3n) is 4.66. The minimum absolute atomic E-state index is 0.155. The van der Waals surface area contributed by atoms with Gasteiger partial charge in [-0.3, -0.25) is 0 Å². The summed E-state index contributed by atoms with van der Waals surface area (Å²) in [6, 6.07) is 5.31. The molecule has 0 amide bonds. The van der Waals surface area contributed by atoms with Crippen LogP contribution in [0.1, 0.15) is 43.3 Å². The number of nitrogens with one attached hydrogen (secondary N) is 1. The van der Waals surface area contributed by atoms with Gasteiger partial charge in [-0.25, -0.2) is 28.1 Å². The van der Waals surface area contributed by atoms with Crippen molar-refractivity contribution in [3.8, 4) is 0 Å². The van der Waals surface area contributed by atoms with Gasteiger partial charge >= 0.3 is 0 Å². The van der Waals surface area contributed by atoms with E-state index in [4.69, 9.17) is 0 Å². The molecule has 1 aromatic carbocycles. The lowest BCUT2D eigenvalue weighted by Crippen LogP contribution is -2.17. The Morgan fingerprint density at radius 2 is 1.89 bits per heavy atom. The third kappa shape index (κ3) is 3.85. The Kier molecular flexibility index (Phi) is 5.67. The predicted molar refractivity (Wildman–Crippen MR) is 104 cm³/mol. The molecule has 0 saturated heterocycles. The average Bonchev–Trinajstić information content (AvgIpc) is 2.66. The summed E-state index contributed by atoms with van der Waals surface area (Å²) >= 11 is 0. The van der Waals surface area contributed by atoms with E-state index in [-0.39, 0.29) is 5.56 Å².